The number of rotatable bonds is 13. The van der Waals surface area contributed by atoms with E-state index in [9.17, 15) is 59.6 Å². The van der Waals surface area contributed by atoms with Gasteiger partial charge in [0.05, 0.1) is 31.9 Å². The van der Waals surface area contributed by atoms with Crippen molar-refractivity contribution in [3.05, 3.63) is 22.7 Å². The average Bonchev–Trinajstić information content (AvgIpc) is 3.35. The van der Waals surface area contributed by atoms with Gasteiger partial charge in [-0.1, -0.05) is 41.5 Å². The van der Waals surface area contributed by atoms with E-state index in [0.29, 0.717) is 0 Å². The molecule has 1 amide bonds. The highest BCUT2D eigenvalue weighted by atomic mass is 31.2. The molecule has 0 aromatic carbocycles. The van der Waals surface area contributed by atoms with Gasteiger partial charge in [0, 0.05) is 12.6 Å². The van der Waals surface area contributed by atoms with E-state index in [0.717, 1.165) is 10.8 Å². The number of amides is 1. The molecule has 11 atom stereocenters. The topological polar surface area (TPSA) is 341 Å². The first-order chi connectivity index (χ1) is 23.1. The fourth-order valence-corrected chi connectivity index (χ4v) is 5.40. The number of carboxylic acid groups (broad SMARTS) is 1. The van der Waals surface area contributed by atoms with E-state index in [1.54, 1.807) is 0 Å². The summed E-state index contributed by atoms with van der Waals surface area (Å²) in [5.41, 5.74) is 4.44. The zero-order valence-corrected chi connectivity index (χ0v) is 29.3. The molecule has 22 heteroatoms. The Balaban J connectivity index is 0.00000363. The normalized spacial score (nSPS) is 30.0. The van der Waals surface area contributed by atoms with Crippen molar-refractivity contribution in [2.24, 2.45) is 0 Å². The first-order valence-corrected chi connectivity index (χ1v) is 17.0. The van der Waals surface area contributed by atoms with Crippen molar-refractivity contribution in [3.8, 4) is 0 Å². The van der Waals surface area contributed by atoms with E-state index < -0.39 is 106 Å². The van der Waals surface area contributed by atoms with Crippen molar-refractivity contribution in [1.29, 1.82) is 0 Å². The van der Waals surface area contributed by atoms with Gasteiger partial charge in [0.25, 0.3) is 7.82 Å². The van der Waals surface area contributed by atoms with Crippen molar-refractivity contribution in [2.45, 2.75) is 109 Å². The van der Waals surface area contributed by atoms with Gasteiger partial charge in [0.1, 0.15) is 48.4 Å². The van der Waals surface area contributed by atoms with Crippen LogP contribution in [0.2, 0.25) is 0 Å². The number of aromatic nitrogens is 2. The summed E-state index contributed by atoms with van der Waals surface area (Å²) in [4.78, 5) is 52.5. The summed E-state index contributed by atoms with van der Waals surface area (Å²) in [5, 5.41) is 77.8. The minimum absolute atomic E-state index is 0.150. The molecule has 1 aromatic rings. The average molecular weight is 732 g/mol. The highest BCUT2D eigenvalue weighted by molar-refractivity contribution is 7.45. The second-order valence-corrected chi connectivity index (χ2v) is 11.0. The molecule has 0 radical (unpaired) electrons. The number of phosphoric acid groups is 1. The van der Waals surface area contributed by atoms with Crippen molar-refractivity contribution in [2.75, 3.05) is 32.5 Å². The van der Waals surface area contributed by atoms with E-state index in [4.69, 9.17) is 15.2 Å². The lowest BCUT2D eigenvalue weighted by atomic mass is 9.88. The molecule has 0 aliphatic carbocycles. The first kappa shape index (κ1) is 46.4. The minimum Gasteiger partial charge on any atom is -0.756 e. The Morgan fingerprint density at radius 2 is 1.78 bits per heavy atom. The molecule has 2 fully saturated rings. The summed E-state index contributed by atoms with van der Waals surface area (Å²) >= 11 is 0. The van der Waals surface area contributed by atoms with E-state index in [1.165, 1.54) is 13.1 Å². The van der Waals surface area contributed by atoms with Crippen LogP contribution >= 0.6 is 7.82 Å². The van der Waals surface area contributed by atoms with Crippen LogP contribution in [0.15, 0.2) is 17.1 Å². The Labute approximate surface area is 283 Å². The number of nitrogens with two attached hydrogens (primary N) is 1. The van der Waals surface area contributed by atoms with Crippen LogP contribution in [0.25, 0.3) is 0 Å². The number of nitrogens with one attached hydrogen (secondary N) is 2. The largest absolute Gasteiger partial charge is 0.756 e. The quantitative estimate of drug-likeness (QED) is 0.0858. The molecule has 49 heavy (non-hydrogen) atoms. The lowest BCUT2D eigenvalue weighted by Gasteiger charge is -2.50. The first-order valence-electron chi connectivity index (χ1n) is 15.6. The molecule has 0 bridgehead atoms. The van der Waals surface area contributed by atoms with Gasteiger partial charge in [-0.25, -0.2) is 4.79 Å². The molecule has 21 nitrogen and oxygen atoms in total. The number of aliphatic carboxylic acids is 1. The Kier molecular flexibility index (Phi) is 20.4. The number of carbonyl (C=O) groups excluding carboxylic acids is 2. The van der Waals surface area contributed by atoms with Crippen LogP contribution in [0.4, 0.5) is 5.82 Å². The highest BCUT2D eigenvalue weighted by Gasteiger charge is 2.54. The minimum atomic E-state index is -5.83. The lowest BCUT2D eigenvalue weighted by molar-refractivity contribution is -0.377. The van der Waals surface area contributed by atoms with Crippen LogP contribution in [0, 0.1) is 0 Å². The summed E-state index contributed by atoms with van der Waals surface area (Å²) in [6.45, 7) is 9.50. The van der Waals surface area contributed by atoms with E-state index in [-0.39, 0.29) is 12.4 Å². The van der Waals surface area contributed by atoms with Gasteiger partial charge in [-0.3, -0.25) is 18.5 Å². The van der Waals surface area contributed by atoms with Crippen LogP contribution in [0.1, 0.15) is 54.2 Å². The standard InChI is InChI=1S/C21H34N5O16P.3C2H6/c1-23-5-12(30)25-13-8(28)4-21(19(34)35,41-17(13)14(31)9(29)6-27)42-43(37,38)39-7-10-15(32)16(33)18(40-10)26-3-2-11(22)24-20(26)36;3*1-2/h2-3,8-10,13-18,23,27-29,31-33H,4-7H2,1H3,(H,25,30)(H,34,35)(H,37,38)(H2,22,24,36);3*1-2H3/p-2/t8?,9-,10?,13?,14-,15?,16?,17?,18?,21?;;;/m1.../s1. The fraction of sp³-hybridized carbons (Fsp3) is 0.778. The fourth-order valence-electron chi connectivity index (χ4n) is 4.46. The summed E-state index contributed by atoms with van der Waals surface area (Å²) in [6.07, 6.45) is -15.2. The molecule has 2 saturated heterocycles. The van der Waals surface area contributed by atoms with Gasteiger partial charge < -0.3 is 75.8 Å². The molecule has 0 spiro atoms. The van der Waals surface area contributed by atoms with Crippen LogP contribution < -0.4 is 32.1 Å². The number of carboxylic acids is 1. The van der Waals surface area contributed by atoms with Crippen molar-refractivity contribution in [3.63, 3.8) is 0 Å². The summed E-state index contributed by atoms with van der Waals surface area (Å²) in [5.74, 6) is -6.72. The van der Waals surface area contributed by atoms with Gasteiger partial charge in [0.15, 0.2) is 6.23 Å². The summed E-state index contributed by atoms with van der Waals surface area (Å²) in [6, 6.07) is -0.460. The number of carbonyl (C=O) groups is 2. The van der Waals surface area contributed by atoms with Gasteiger partial charge in [-0.15, -0.1) is 0 Å². The molecular weight excluding hydrogens is 681 g/mol. The number of hydrogen-bond donors (Lipinski definition) is 9. The van der Waals surface area contributed by atoms with Crippen LogP contribution in [0.5, 0.6) is 0 Å². The number of anilines is 1. The third-order valence-corrected chi connectivity index (χ3v) is 7.57. The summed E-state index contributed by atoms with van der Waals surface area (Å²) in [7, 11) is -4.42. The highest BCUT2D eigenvalue weighted by Crippen LogP contribution is 2.48. The Hall–Kier alpha value is -2.63. The Morgan fingerprint density at radius 1 is 1.18 bits per heavy atom. The third kappa shape index (κ3) is 12.3. The number of phosphoric ester groups is 1. The number of aliphatic hydroxyl groups is 6. The van der Waals surface area contributed by atoms with Crippen molar-refractivity contribution >= 4 is 25.5 Å². The number of nitrogens with zero attached hydrogens (tertiary/aromatic N) is 2. The molecule has 3 heterocycles. The Morgan fingerprint density at radius 3 is 2.29 bits per heavy atom. The molecule has 0 saturated carbocycles. The number of aliphatic hydroxyl groups excluding tert-OH is 6. The molecule has 2 aliphatic heterocycles. The van der Waals surface area contributed by atoms with Crippen molar-refractivity contribution in [1.82, 2.24) is 20.2 Å². The van der Waals surface area contributed by atoms with Crippen molar-refractivity contribution < 1.29 is 73.3 Å². The van der Waals surface area contributed by atoms with E-state index in [2.05, 4.69) is 24.7 Å². The lowest BCUT2D eigenvalue weighted by Crippen LogP contribution is -2.69. The third-order valence-electron chi connectivity index (χ3n) is 6.59. The van der Waals surface area contributed by atoms with Crippen LogP contribution in [-0.4, -0.2) is 133 Å². The molecular formula is C27H50N5O16P-2. The molecule has 1 aromatic heterocycles. The van der Waals surface area contributed by atoms with Crippen LogP contribution in [0.3, 0.4) is 0 Å². The molecule has 9 unspecified atom stereocenters. The number of nitrogen functional groups attached to an aromatic ring is 1. The molecule has 2 aliphatic rings. The second kappa shape index (κ2) is 21.6. The van der Waals surface area contributed by atoms with Gasteiger partial charge in [-0.2, -0.15) is 4.98 Å². The maximum absolute atomic E-state index is 12.7. The Bertz CT molecular complexity index is 1260. The predicted molar refractivity (Wildman–Crippen MR) is 166 cm³/mol. The number of hydrogen-bond acceptors (Lipinski definition) is 19. The van der Waals surface area contributed by atoms with E-state index in [1.807, 2.05) is 41.5 Å². The predicted octanol–water partition coefficient (Wildman–Crippen LogP) is -4.96. The van der Waals surface area contributed by atoms with Gasteiger partial charge in [0.2, 0.25) is 11.7 Å². The van der Waals surface area contributed by atoms with Gasteiger partial charge in [-0.05, 0) is 13.1 Å². The van der Waals surface area contributed by atoms with Gasteiger partial charge >= 0.3 is 5.69 Å². The summed E-state index contributed by atoms with van der Waals surface area (Å²) < 4.78 is 33.3. The monoisotopic (exact) mass is 731 g/mol. The zero-order chi connectivity index (χ0) is 38.3. The SMILES string of the molecule is CC.CC.CC.CNCC(=O)NC1C(O)CC(OP(=O)([O-])OCC2OC(n3ccc(N)nc3=O)C(O)C2O)(C(=O)[O-])OC1[C@H](O)[C@H](O)CO. The molecule has 3 rings (SSSR count). The maximum atomic E-state index is 12.7. The zero-order valence-electron chi connectivity index (χ0n) is 28.4. The molecule has 10 N–H and O–H groups in total. The second-order valence-electron chi connectivity index (χ2n) is 9.68. The maximum Gasteiger partial charge on any atom is 0.351 e. The number of ether oxygens (including phenoxy) is 2. The number of likely N-dealkylation sites (N-methyl/N-ethyl adjacent to an activating group) is 1. The molecule has 286 valence electrons. The smallest absolute Gasteiger partial charge is 0.351 e. The van der Waals surface area contributed by atoms with Crippen LogP contribution in [-0.2, 0) is 32.7 Å². The van der Waals surface area contributed by atoms with E-state index >= 15 is 0 Å².